The number of carbonyl (C=O) groups excluding carboxylic acids is 1. The van der Waals surface area contributed by atoms with E-state index in [0.29, 0.717) is 6.42 Å². The van der Waals surface area contributed by atoms with Crippen LogP contribution in [-0.4, -0.2) is 51.5 Å². The summed E-state index contributed by atoms with van der Waals surface area (Å²) < 4.78 is 22.8. The zero-order valence-corrected chi connectivity index (χ0v) is 15.4. The summed E-state index contributed by atoms with van der Waals surface area (Å²) in [6, 6.07) is 5.87. The molecular weight excluding hydrogens is 326 g/mol. The average molecular weight is 353 g/mol. The van der Waals surface area contributed by atoms with Gasteiger partial charge in [0.05, 0.1) is 18.1 Å². The number of aryl methyl sites for hydroxylation is 1. The van der Waals surface area contributed by atoms with E-state index < -0.39 is 9.84 Å². The molecule has 1 unspecified atom stereocenters. The molecule has 24 heavy (non-hydrogen) atoms. The summed E-state index contributed by atoms with van der Waals surface area (Å²) in [6.07, 6.45) is 0.577. The van der Waals surface area contributed by atoms with Crippen molar-refractivity contribution in [2.24, 2.45) is 0 Å². The number of amides is 1. The monoisotopic (exact) mass is 353 g/mol. The molecule has 0 radical (unpaired) electrons. The van der Waals surface area contributed by atoms with Crippen molar-refractivity contribution in [2.45, 2.75) is 33.2 Å². The van der Waals surface area contributed by atoms with E-state index in [0.717, 1.165) is 30.0 Å². The van der Waals surface area contributed by atoms with E-state index in [2.05, 4.69) is 35.4 Å². The standard InChI is InChI=1S/C17H27N3O3S/c1-4-20(5-2)15-6-7-16(13(3)10-15)19-17(21)11-18-14-8-9-24(22,23)12-14/h6-7,10,14,18H,4-5,8-9,11-12H2,1-3H3,(H,19,21). The van der Waals surface area contributed by atoms with Gasteiger partial charge in [-0.25, -0.2) is 8.42 Å². The Labute approximate surface area is 144 Å². The number of hydrogen-bond acceptors (Lipinski definition) is 5. The maximum atomic E-state index is 12.1. The molecule has 1 aromatic carbocycles. The van der Waals surface area contributed by atoms with Gasteiger partial charge in [-0.15, -0.1) is 0 Å². The molecular formula is C17H27N3O3S. The molecule has 0 spiro atoms. The van der Waals surface area contributed by atoms with Crippen LogP contribution in [0.5, 0.6) is 0 Å². The third kappa shape index (κ3) is 4.95. The topological polar surface area (TPSA) is 78.5 Å². The van der Waals surface area contributed by atoms with Crippen molar-refractivity contribution < 1.29 is 13.2 Å². The molecule has 1 aromatic rings. The highest BCUT2D eigenvalue weighted by Gasteiger charge is 2.27. The van der Waals surface area contributed by atoms with Crippen LogP contribution in [0, 0.1) is 6.92 Å². The second-order valence-electron chi connectivity index (χ2n) is 6.20. The van der Waals surface area contributed by atoms with E-state index in [4.69, 9.17) is 0 Å². The molecule has 1 amide bonds. The molecule has 0 saturated carbocycles. The Balaban J connectivity index is 1.90. The molecule has 2 rings (SSSR count). The number of anilines is 2. The molecule has 1 saturated heterocycles. The lowest BCUT2D eigenvalue weighted by Crippen LogP contribution is -2.36. The summed E-state index contributed by atoms with van der Waals surface area (Å²) >= 11 is 0. The van der Waals surface area contributed by atoms with E-state index in [9.17, 15) is 13.2 Å². The Bertz CT molecular complexity index is 684. The number of sulfone groups is 1. The number of hydrogen-bond donors (Lipinski definition) is 2. The summed E-state index contributed by atoms with van der Waals surface area (Å²) in [4.78, 5) is 14.3. The predicted octanol–water partition coefficient (Wildman–Crippen LogP) is 1.56. The summed E-state index contributed by atoms with van der Waals surface area (Å²) in [5.74, 6) is 0.175. The molecule has 7 heteroatoms. The maximum absolute atomic E-state index is 12.1. The number of rotatable bonds is 7. The quantitative estimate of drug-likeness (QED) is 0.778. The first-order valence-electron chi connectivity index (χ1n) is 8.44. The lowest BCUT2D eigenvalue weighted by Gasteiger charge is -2.22. The van der Waals surface area contributed by atoms with Crippen LogP contribution in [0.2, 0.25) is 0 Å². The second kappa shape index (κ2) is 7.98. The molecule has 0 aliphatic carbocycles. The van der Waals surface area contributed by atoms with Crippen molar-refractivity contribution >= 4 is 27.1 Å². The van der Waals surface area contributed by atoms with Crippen LogP contribution in [-0.2, 0) is 14.6 Å². The van der Waals surface area contributed by atoms with Crippen LogP contribution in [0.4, 0.5) is 11.4 Å². The highest BCUT2D eigenvalue weighted by molar-refractivity contribution is 7.91. The fourth-order valence-electron chi connectivity index (χ4n) is 2.96. The predicted molar refractivity (Wildman–Crippen MR) is 98.4 cm³/mol. The van der Waals surface area contributed by atoms with Crippen molar-refractivity contribution in [3.05, 3.63) is 23.8 Å². The first kappa shape index (κ1) is 18.7. The zero-order valence-electron chi connectivity index (χ0n) is 14.6. The Hall–Kier alpha value is -1.60. The third-order valence-electron chi connectivity index (χ3n) is 4.40. The van der Waals surface area contributed by atoms with Crippen molar-refractivity contribution in [3.8, 4) is 0 Å². The summed E-state index contributed by atoms with van der Waals surface area (Å²) in [5, 5.41) is 5.91. The zero-order chi connectivity index (χ0) is 17.7. The fourth-order valence-corrected chi connectivity index (χ4v) is 4.67. The molecule has 1 aliphatic heterocycles. The van der Waals surface area contributed by atoms with Gasteiger partial charge in [-0.05, 0) is 51.0 Å². The van der Waals surface area contributed by atoms with Gasteiger partial charge >= 0.3 is 0 Å². The van der Waals surface area contributed by atoms with Gasteiger partial charge in [-0.3, -0.25) is 4.79 Å². The molecule has 134 valence electrons. The van der Waals surface area contributed by atoms with Gasteiger partial charge in [0.25, 0.3) is 0 Å². The average Bonchev–Trinajstić information content (AvgIpc) is 2.88. The lowest BCUT2D eigenvalue weighted by atomic mass is 10.1. The molecule has 0 bridgehead atoms. The minimum atomic E-state index is -2.93. The van der Waals surface area contributed by atoms with Crippen molar-refractivity contribution in [1.82, 2.24) is 5.32 Å². The molecule has 6 nitrogen and oxygen atoms in total. The molecule has 1 heterocycles. The van der Waals surface area contributed by atoms with Gasteiger partial charge in [-0.2, -0.15) is 0 Å². The number of nitrogens with one attached hydrogen (secondary N) is 2. The fraction of sp³-hybridized carbons (Fsp3) is 0.588. The van der Waals surface area contributed by atoms with Crippen molar-refractivity contribution in [2.75, 3.05) is 41.4 Å². The summed E-state index contributed by atoms with van der Waals surface area (Å²) in [5.41, 5.74) is 2.94. The molecule has 0 aromatic heterocycles. The molecule has 1 aliphatic rings. The van der Waals surface area contributed by atoms with Crippen LogP contribution in [0.15, 0.2) is 18.2 Å². The smallest absolute Gasteiger partial charge is 0.238 e. The van der Waals surface area contributed by atoms with Gasteiger partial charge in [0.15, 0.2) is 9.84 Å². The van der Waals surface area contributed by atoms with Crippen LogP contribution in [0.1, 0.15) is 25.8 Å². The van der Waals surface area contributed by atoms with Crippen LogP contribution >= 0.6 is 0 Å². The number of nitrogens with zero attached hydrogens (tertiary/aromatic N) is 1. The minimum Gasteiger partial charge on any atom is -0.372 e. The normalized spacial score (nSPS) is 19.2. The van der Waals surface area contributed by atoms with E-state index >= 15 is 0 Å². The van der Waals surface area contributed by atoms with Gasteiger partial charge in [0, 0.05) is 30.5 Å². The van der Waals surface area contributed by atoms with Gasteiger partial charge in [-0.1, -0.05) is 0 Å². The van der Waals surface area contributed by atoms with Crippen LogP contribution < -0.4 is 15.5 Å². The van der Waals surface area contributed by atoms with E-state index in [1.807, 2.05) is 19.1 Å². The second-order valence-corrected chi connectivity index (χ2v) is 8.43. The highest BCUT2D eigenvalue weighted by Crippen LogP contribution is 2.22. The summed E-state index contributed by atoms with van der Waals surface area (Å²) in [7, 11) is -2.93. The van der Waals surface area contributed by atoms with E-state index in [1.165, 1.54) is 0 Å². The molecule has 2 N–H and O–H groups in total. The van der Waals surface area contributed by atoms with Crippen LogP contribution in [0.3, 0.4) is 0 Å². The first-order valence-corrected chi connectivity index (χ1v) is 10.3. The molecule has 1 fully saturated rings. The largest absolute Gasteiger partial charge is 0.372 e. The van der Waals surface area contributed by atoms with Gasteiger partial charge in [0.1, 0.15) is 0 Å². The minimum absolute atomic E-state index is 0.119. The Morgan fingerprint density at radius 2 is 2.00 bits per heavy atom. The van der Waals surface area contributed by atoms with Crippen molar-refractivity contribution in [3.63, 3.8) is 0 Å². The molecule has 1 atom stereocenters. The van der Waals surface area contributed by atoms with Crippen LogP contribution in [0.25, 0.3) is 0 Å². The third-order valence-corrected chi connectivity index (χ3v) is 6.16. The first-order chi connectivity index (χ1) is 11.3. The highest BCUT2D eigenvalue weighted by atomic mass is 32.2. The van der Waals surface area contributed by atoms with E-state index in [-0.39, 0.29) is 30.0 Å². The maximum Gasteiger partial charge on any atom is 0.238 e. The number of benzene rings is 1. The van der Waals surface area contributed by atoms with E-state index in [1.54, 1.807) is 0 Å². The Morgan fingerprint density at radius 3 is 2.54 bits per heavy atom. The van der Waals surface area contributed by atoms with Crippen molar-refractivity contribution in [1.29, 1.82) is 0 Å². The Kier molecular flexibility index (Phi) is 6.23. The summed E-state index contributed by atoms with van der Waals surface area (Å²) in [6.45, 7) is 8.20. The van der Waals surface area contributed by atoms with Gasteiger partial charge in [0.2, 0.25) is 5.91 Å². The SMILES string of the molecule is CCN(CC)c1ccc(NC(=O)CNC2CCS(=O)(=O)C2)c(C)c1. The number of carbonyl (C=O) groups is 1. The lowest BCUT2D eigenvalue weighted by molar-refractivity contribution is -0.115. The van der Waals surface area contributed by atoms with Gasteiger partial charge < -0.3 is 15.5 Å². The Morgan fingerprint density at radius 1 is 1.29 bits per heavy atom.